The minimum Gasteiger partial charge on any atom is -0.543 e. The Bertz CT molecular complexity index is 1180. The van der Waals surface area contributed by atoms with Crippen molar-refractivity contribution in [1.82, 2.24) is 9.80 Å². The fourth-order valence-corrected chi connectivity index (χ4v) is 6.82. The number of carboxylic acids is 4. The number of amides is 2. The van der Waals surface area contributed by atoms with Gasteiger partial charge in [-0.2, -0.15) is 0 Å². The van der Waals surface area contributed by atoms with Gasteiger partial charge in [0.2, 0.25) is 11.8 Å². The number of carbonyl (C=O) groups is 6. The first-order valence-corrected chi connectivity index (χ1v) is 13.5. The first-order valence-electron chi connectivity index (χ1n) is 11.7. The molecule has 4 heterocycles. The van der Waals surface area contributed by atoms with Gasteiger partial charge in [-0.25, -0.2) is 9.59 Å². The van der Waals surface area contributed by atoms with Crippen LogP contribution in [-0.2, 0) is 28.8 Å². The van der Waals surface area contributed by atoms with Gasteiger partial charge in [0.1, 0.15) is 0 Å². The van der Waals surface area contributed by atoms with Crippen LogP contribution in [0.5, 0.6) is 0 Å². The molecule has 4 aliphatic heterocycles. The topological polar surface area (TPSA) is 236 Å². The number of aliphatic carboxylic acids is 4. The van der Waals surface area contributed by atoms with Crippen LogP contribution in [0.1, 0.15) is 26.7 Å². The van der Waals surface area contributed by atoms with Gasteiger partial charge in [-0.05, 0) is 24.7 Å². The summed E-state index contributed by atoms with van der Waals surface area (Å²) in [7, 11) is 0. The van der Waals surface area contributed by atoms with Crippen molar-refractivity contribution in [3.63, 3.8) is 0 Å². The molecule has 0 aliphatic carbocycles. The number of hydrogen-bond acceptors (Lipinski definition) is 12. The van der Waals surface area contributed by atoms with Crippen LogP contribution in [0.15, 0.2) is 44.2 Å². The molecule has 2 saturated heterocycles. The number of carboxylic acid groups (broad SMARTS) is 4. The largest absolute Gasteiger partial charge is 1.00 e. The molecular weight excluding hydrogens is 618 g/mol. The number of carbonyl (C=O) groups excluding carboxylic acids is 4. The number of aliphatic hydroxyl groups is 2. The van der Waals surface area contributed by atoms with Crippen LogP contribution in [0, 0.1) is 11.8 Å². The molecule has 2 fully saturated rings. The van der Waals surface area contributed by atoms with Crippen molar-refractivity contribution in [1.29, 1.82) is 0 Å². The molecule has 0 aromatic carbocycles. The fraction of sp³-hybridized carbons (Fsp3) is 0.417. The molecule has 4 N–H and O–H groups in total. The van der Waals surface area contributed by atoms with E-state index in [0.717, 1.165) is 45.5 Å². The van der Waals surface area contributed by atoms with Crippen molar-refractivity contribution in [2.24, 2.45) is 11.8 Å². The quantitative estimate of drug-likeness (QED) is 0.0984. The maximum absolute atomic E-state index is 11.8. The predicted molar refractivity (Wildman–Crippen MR) is 134 cm³/mol. The summed E-state index contributed by atoms with van der Waals surface area (Å²) >= 11 is 1.87. The molecule has 0 saturated carbocycles. The number of nitrogens with zero attached hydrogens (tertiary/aromatic N) is 2. The molecule has 18 heteroatoms. The van der Waals surface area contributed by atoms with Crippen LogP contribution < -0.4 is 69.3 Å². The molecule has 0 unspecified atom stereocenters. The predicted octanol–water partition coefficient (Wildman–Crippen LogP) is -8.21. The molecule has 0 aromatic rings. The van der Waals surface area contributed by atoms with Crippen molar-refractivity contribution >= 4 is 59.2 Å². The van der Waals surface area contributed by atoms with E-state index in [2.05, 4.69) is 0 Å². The van der Waals surface area contributed by atoms with Gasteiger partial charge in [0.25, 0.3) is 0 Å². The van der Waals surface area contributed by atoms with E-state index in [1.807, 2.05) is 0 Å². The second kappa shape index (κ2) is 15.9. The zero-order valence-electron chi connectivity index (χ0n) is 23.0. The van der Waals surface area contributed by atoms with Crippen LogP contribution in [-0.4, -0.2) is 90.2 Å². The van der Waals surface area contributed by atoms with Crippen molar-refractivity contribution in [3.05, 3.63) is 44.2 Å². The molecule has 0 bridgehead atoms. The van der Waals surface area contributed by atoms with Gasteiger partial charge >= 0.3 is 71.1 Å². The number of thioether (sulfide) groups is 2. The maximum Gasteiger partial charge on any atom is 1.00 e. The van der Waals surface area contributed by atoms with E-state index in [4.69, 9.17) is 10.2 Å². The van der Waals surface area contributed by atoms with Crippen LogP contribution in [0.3, 0.4) is 0 Å². The smallest absolute Gasteiger partial charge is 0.543 e. The molecular formula is C24H24N2Na2O12S2. The van der Waals surface area contributed by atoms with Gasteiger partial charge < -0.3 is 50.0 Å². The van der Waals surface area contributed by atoms with E-state index in [-0.39, 0.29) is 83.4 Å². The van der Waals surface area contributed by atoms with Crippen molar-refractivity contribution in [3.8, 4) is 0 Å². The molecule has 0 spiro atoms. The third-order valence-corrected chi connectivity index (χ3v) is 8.44. The van der Waals surface area contributed by atoms with Crippen LogP contribution in [0.4, 0.5) is 0 Å². The van der Waals surface area contributed by atoms with E-state index >= 15 is 0 Å². The Kier molecular flexibility index (Phi) is 14.6. The number of β-lactam (4-membered cyclic amide) rings is 2. The van der Waals surface area contributed by atoms with Crippen molar-refractivity contribution in [2.75, 3.05) is 0 Å². The monoisotopic (exact) mass is 642 g/mol. The molecule has 14 nitrogen and oxygen atoms in total. The van der Waals surface area contributed by atoms with Gasteiger partial charge in [0, 0.05) is 34.8 Å². The molecule has 0 aromatic heterocycles. The Hall–Kier alpha value is -1.60. The van der Waals surface area contributed by atoms with Gasteiger partial charge in [-0.1, -0.05) is 23.5 Å². The van der Waals surface area contributed by atoms with Crippen LogP contribution in [0.25, 0.3) is 0 Å². The minimum atomic E-state index is -1.48. The normalized spacial score (nSPS) is 25.4. The summed E-state index contributed by atoms with van der Waals surface area (Å²) in [5, 5.41) is 60.8. The molecule has 2 amide bonds. The number of rotatable bonds is 10. The van der Waals surface area contributed by atoms with E-state index < -0.39 is 71.8 Å². The summed E-state index contributed by atoms with van der Waals surface area (Å²) in [6.07, 6.45) is 0.608. The van der Waals surface area contributed by atoms with E-state index in [1.54, 1.807) is 0 Å². The molecule has 4 aliphatic rings. The average Bonchev–Trinajstić information content (AvgIpc) is 3.32. The fourth-order valence-electron chi connectivity index (χ4n) is 5.00. The second-order valence-corrected chi connectivity index (χ2v) is 11.1. The zero-order valence-corrected chi connectivity index (χ0v) is 28.6. The minimum absolute atomic E-state index is 0. The van der Waals surface area contributed by atoms with Crippen LogP contribution in [0.2, 0.25) is 0 Å². The summed E-state index contributed by atoms with van der Waals surface area (Å²) in [5.74, 6) is -7.37. The van der Waals surface area contributed by atoms with Gasteiger partial charge in [-0.3, -0.25) is 9.59 Å². The summed E-state index contributed by atoms with van der Waals surface area (Å²) in [4.78, 5) is 69.7. The Morgan fingerprint density at radius 2 is 1.07 bits per heavy atom. The first kappa shape index (κ1) is 38.4. The average molecular weight is 643 g/mol. The van der Waals surface area contributed by atoms with Gasteiger partial charge in [0.05, 0.1) is 59.5 Å². The molecule has 4 rings (SSSR count). The summed E-state index contributed by atoms with van der Waals surface area (Å²) < 4.78 is 0. The van der Waals surface area contributed by atoms with Gasteiger partial charge in [-0.15, -0.1) is 0 Å². The first-order chi connectivity index (χ1) is 18.7. The van der Waals surface area contributed by atoms with Crippen molar-refractivity contribution < 1.29 is 119 Å². The third-order valence-electron chi connectivity index (χ3n) is 6.60. The Balaban J connectivity index is 0.000000401. The Labute approximate surface area is 292 Å². The molecule has 42 heavy (non-hydrogen) atoms. The second-order valence-electron chi connectivity index (χ2n) is 9.13. The van der Waals surface area contributed by atoms with E-state index in [9.17, 15) is 49.2 Å². The summed E-state index contributed by atoms with van der Waals surface area (Å²) in [5.41, 5.74) is -0.450. The number of aliphatic hydroxyl groups excluding tert-OH is 2. The third kappa shape index (κ3) is 7.91. The molecule has 0 radical (unpaired) electrons. The summed E-state index contributed by atoms with van der Waals surface area (Å²) in [6, 6.07) is -0.785. The maximum atomic E-state index is 11.8. The summed E-state index contributed by atoms with van der Waals surface area (Å²) in [6.45, 7) is 2.96. The number of hydrogen-bond donors (Lipinski definition) is 4. The van der Waals surface area contributed by atoms with Gasteiger partial charge in [0.15, 0.2) is 0 Å². The molecule has 216 valence electrons. The van der Waals surface area contributed by atoms with E-state index in [0.29, 0.717) is 9.81 Å². The van der Waals surface area contributed by atoms with E-state index in [1.165, 1.54) is 24.7 Å². The standard InChI is InChI=1S/2C12H13NO6S.2Na/c2*1-5(14)9-6-4-7(20-3-2-8(15)16)10(12(18)19)13(6)11(9)17;;/h2*2-3,5-6,9,14H,4H2,1H3,(H,15,16)(H,18,19);;/q;;2*+1/p-2/b2*3-2-;;/t2*5-,6-,9-;;/m11../s1. The zero-order chi connectivity index (χ0) is 30.0. The van der Waals surface area contributed by atoms with Crippen LogP contribution >= 0.6 is 23.5 Å². The number of fused-ring (bicyclic) bond motifs is 2. The van der Waals surface area contributed by atoms with Crippen molar-refractivity contribution in [2.45, 2.75) is 51.0 Å². The molecule has 6 atom stereocenters. The Morgan fingerprint density at radius 1 is 0.762 bits per heavy atom. The Morgan fingerprint density at radius 3 is 1.31 bits per heavy atom. The SMILES string of the molecule is C[C@@H](O)[C@H]1C(=O)N2C(C(=O)[O-])=C(S/C=C\C(=O)O)C[C@H]12.C[C@@H](O)[C@H]1C(=O)N2C(C(=O)[O-])=C(S/C=C\C(=O)O)C[C@H]12.[Na+].[Na+].